The molecular weight excluding hydrogens is 338 g/mol. The molecule has 1 nitrogen and oxygen atoms in total. The highest BCUT2D eigenvalue weighted by Gasteiger charge is 2.26. The van der Waals surface area contributed by atoms with E-state index in [-0.39, 0.29) is 0 Å². The van der Waals surface area contributed by atoms with E-state index in [9.17, 15) is 0 Å². The van der Waals surface area contributed by atoms with Crippen LogP contribution < -0.4 is 5.32 Å². The van der Waals surface area contributed by atoms with Crippen molar-refractivity contribution in [1.29, 1.82) is 0 Å². The molecule has 0 bridgehead atoms. The van der Waals surface area contributed by atoms with Crippen LogP contribution in [-0.4, -0.2) is 0 Å². The van der Waals surface area contributed by atoms with Gasteiger partial charge in [-0.05, 0) is 52.1 Å². The Morgan fingerprint density at radius 1 is 0.714 bits per heavy atom. The summed E-state index contributed by atoms with van der Waals surface area (Å²) < 4.78 is 0. The minimum Gasteiger partial charge on any atom is -0.381 e. The molecule has 4 aromatic rings. The number of fused-ring (bicyclic) bond motifs is 2. The molecule has 1 aliphatic carbocycles. The third-order valence-corrected chi connectivity index (χ3v) is 5.78. The van der Waals surface area contributed by atoms with Crippen LogP contribution in [0.1, 0.15) is 35.1 Å². The quantitative estimate of drug-likeness (QED) is 0.412. The molecule has 0 amide bonds. The highest BCUT2D eigenvalue weighted by molar-refractivity contribution is 5.88. The van der Waals surface area contributed by atoms with Gasteiger partial charge in [-0.15, -0.1) is 0 Å². The van der Waals surface area contributed by atoms with Gasteiger partial charge in [-0.25, -0.2) is 0 Å². The molecule has 0 spiro atoms. The average Bonchev–Trinajstić information content (AvgIpc) is 3.08. The normalized spacial score (nSPS) is 15.3. The molecule has 136 valence electrons. The molecule has 28 heavy (non-hydrogen) atoms. The monoisotopic (exact) mass is 361 g/mol. The molecule has 1 N–H and O–H groups in total. The van der Waals surface area contributed by atoms with Crippen LogP contribution in [0.5, 0.6) is 0 Å². The van der Waals surface area contributed by atoms with Gasteiger partial charge in [-0.1, -0.05) is 90.5 Å². The summed E-state index contributed by atoms with van der Waals surface area (Å²) in [5.74, 6) is 0.327. The lowest BCUT2D eigenvalue weighted by atomic mass is 9.84. The van der Waals surface area contributed by atoms with Crippen molar-refractivity contribution in [3.63, 3.8) is 0 Å². The van der Waals surface area contributed by atoms with Crippen molar-refractivity contribution >= 4 is 22.5 Å². The van der Waals surface area contributed by atoms with Crippen LogP contribution in [0, 0.1) is 0 Å². The maximum absolute atomic E-state index is 3.64. The summed E-state index contributed by atoms with van der Waals surface area (Å²) in [7, 11) is 0. The van der Waals surface area contributed by atoms with E-state index in [1.54, 1.807) is 0 Å². The second kappa shape index (κ2) is 7.01. The number of anilines is 1. The molecule has 0 saturated heterocycles. The van der Waals surface area contributed by atoms with Gasteiger partial charge in [0.05, 0.1) is 0 Å². The van der Waals surface area contributed by atoms with Gasteiger partial charge in [0.1, 0.15) is 0 Å². The van der Waals surface area contributed by atoms with Crippen molar-refractivity contribution in [3.05, 3.63) is 119 Å². The van der Waals surface area contributed by atoms with Crippen LogP contribution in [-0.2, 0) is 6.54 Å². The van der Waals surface area contributed by atoms with Gasteiger partial charge in [0, 0.05) is 18.2 Å². The third-order valence-electron chi connectivity index (χ3n) is 5.78. The number of para-hydroxylation sites is 1. The first-order valence-electron chi connectivity index (χ1n) is 9.88. The first-order valence-corrected chi connectivity index (χ1v) is 9.88. The van der Waals surface area contributed by atoms with E-state index in [4.69, 9.17) is 0 Å². The standard InChI is InChI=1S/C27H23N/c1-19-17-21-10-6-8-14-24(21)27(19)25-16-15-20-9-5-7-13-23(20)26(25)18-28-22-11-3-2-4-12-22/h2-17,27-28H,18H2,1H3. The number of hydrogen-bond acceptors (Lipinski definition) is 1. The Bertz CT molecular complexity index is 1170. The summed E-state index contributed by atoms with van der Waals surface area (Å²) in [5, 5.41) is 6.27. The van der Waals surface area contributed by atoms with E-state index in [0.29, 0.717) is 5.92 Å². The fraction of sp³-hybridized carbons (Fsp3) is 0.111. The van der Waals surface area contributed by atoms with Crippen LogP contribution >= 0.6 is 0 Å². The third kappa shape index (κ3) is 2.90. The van der Waals surface area contributed by atoms with E-state index in [0.717, 1.165) is 12.2 Å². The molecule has 0 fully saturated rings. The Morgan fingerprint density at radius 2 is 1.46 bits per heavy atom. The second-order valence-electron chi connectivity index (χ2n) is 7.52. The van der Waals surface area contributed by atoms with Crippen LogP contribution in [0.2, 0.25) is 0 Å². The molecule has 1 atom stereocenters. The largest absolute Gasteiger partial charge is 0.381 e. The molecule has 5 rings (SSSR count). The predicted molar refractivity (Wildman–Crippen MR) is 120 cm³/mol. The maximum Gasteiger partial charge on any atom is 0.0410 e. The first-order chi connectivity index (χ1) is 13.8. The molecule has 0 saturated carbocycles. The lowest BCUT2D eigenvalue weighted by Crippen LogP contribution is -2.08. The minimum atomic E-state index is 0.327. The maximum atomic E-state index is 3.64. The Balaban J connectivity index is 1.64. The summed E-state index contributed by atoms with van der Waals surface area (Å²) in [6, 6.07) is 32.5. The Kier molecular flexibility index (Phi) is 4.21. The summed E-state index contributed by atoms with van der Waals surface area (Å²) >= 11 is 0. The topological polar surface area (TPSA) is 12.0 Å². The first kappa shape index (κ1) is 16.8. The van der Waals surface area contributed by atoms with Crippen LogP contribution in [0.4, 0.5) is 5.69 Å². The van der Waals surface area contributed by atoms with Gasteiger partial charge in [-0.2, -0.15) is 0 Å². The number of allylic oxidation sites excluding steroid dienone is 1. The highest BCUT2D eigenvalue weighted by atomic mass is 14.9. The van der Waals surface area contributed by atoms with Crippen molar-refractivity contribution in [2.75, 3.05) is 5.32 Å². The van der Waals surface area contributed by atoms with Crippen LogP contribution in [0.25, 0.3) is 16.8 Å². The summed E-state index contributed by atoms with van der Waals surface area (Å²) in [6.45, 7) is 3.07. The van der Waals surface area contributed by atoms with Gasteiger partial charge in [0.25, 0.3) is 0 Å². The van der Waals surface area contributed by atoms with Crippen molar-refractivity contribution in [2.45, 2.75) is 19.4 Å². The van der Waals surface area contributed by atoms with Gasteiger partial charge in [0.2, 0.25) is 0 Å². The van der Waals surface area contributed by atoms with Crippen molar-refractivity contribution < 1.29 is 0 Å². The molecule has 1 heteroatoms. The zero-order valence-corrected chi connectivity index (χ0v) is 16.0. The Hall–Kier alpha value is -3.32. The van der Waals surface area contributed by atoms with E-state index < -0.39 is 0 Å². The zero-order valence-electron chi connectivity index (χ0n) is 16.0. The Labute approximate surface area is 166 Å². The van der Waals surface area contributed by atoms with Crippen LogP contribution in [0.3, 0.4) is 0 Å². The van der Waals surface area contributed by atoms with Gasteiger partial charge < -0.3 is 5.32 Å². The number of nitrogens with one attached hydrogen (secondary N) is 1. The van der Waals surface area contributed by atoms with Crippen LogP contribution in [0.15, 0.2) is 96.6 Å². The van der Waals surface area contributed by atoms with Crippen molar-refractivity contribution in [2.24, 2.45) is 0 Å². The predicted octanol–water partition coefficient (Wildman–Crippen LogP) is 7.00. The van der Waals surface area contributed by atoms with Crippen molar-refractivity contribution in [1.82, 2.24) is 0 Å². The fourth-order valence-corrected chi connectivity index (χ4v) is 4.46. The summed E-state index contributed by atoms with van der Waals surface area (Å²) in [4.78, 5) is 0. The SMILES string of the molecule is CC1=Cc2ccccc2C1c1ccc2ccccc2c1CNc1ccccc1. The molecule has 0 aliphatic heterocycles. The van der Waals surface area contributed by atoms with Gasteiger partial charge in [0.15, 0.2) is 0 Å². The molecule has 4 aromatic carbocycles. The molecular formula is C27H23N. The molecule has 0 radical (unpaired) electrons. The minimum absolute atomic E-state index is 0.327. The average molecular weight is 361 g/mol. The smallest absolute Gasteiger partial charge is 0.0410 e. The van der Waals surface area contributed by atoms with E-state index >= 15 is 0 Å². The molecule has 0 aromatic heterocycles. The summed E-state index contributed by atoms with van der Waals surface area (Å²) in [6.07, 6.45) is 2.34. The van der Waals surface area contributed by atoms with E-state index in [2.05, 4.69) is 109 Å². The fourth-order valence-electron chi connectivity index (χ4n) is 4.46. The molecule has 1 unspecified atom stereocenters. The lowest BCUT2D eigenvalue weighted by Gasteiger charge is -2.22. The number of rotatable bonds is 4. The van der Waals surface area contributed by atoms with Crippen molar-refractivity contribution in [3.8, 4) is 0 Å². The number of hydrogen-bond donors (Lipinski definition) is 1. The van der Waals surface area contributed by atoms with E-state index in [1.807, 2.05) is 0 Å². The lowest BCUT2D eigenvalue weighted by molar-refractivity contribution is 0.947. The van der Waals surface area contributed by atoms with Gasteiger partial charge >= 0.3 is 0 Å². The van der Waals surface area contributed by atoms with Gasteiger partial charge in [-0.3, -0.25) is 0 Å². The highest BCUT2D eigenvalue weighted by Crippen LogP contribution is 2.43. The molecule has 0 heterocycles. The molecule has 1 aliphatic rings. The zero-order chi connectivity index (χ0) is 18.9. The van der Waals surface area contributed by atoms with E-state index in [1.165, 1.54) is 38.6 Å². The second-order valence-corrected chi connectivity index (χ2v) is 7.52. The number of benzene rings is 4. The Morgan fingerprint density at radius 3 is 2.36 bits per heavy atom. The summed E-state index contributed by atoms with van der Waals surface area (Å²) in [5.41, 5.74) is 8.12.